The smallest absolute Gasteiger partial charge is 0.350 e. The second-order valence-electron chi connectivity index (χ2n) is 6.31. The topological polar surface area (TPSA) is 119 Å². The Morgan fingerprint density at radius 2 is 1.97 bits per heavy atom. The number of aromatic nitrogens is 1. The molecule has 1 atom stereocenters. The van der Waals surface area contributed by atoms with Crippen LogP contribution in [0.4, 0.5) is 0 Å². The van der Waals surface area contributed by atoms with Crippen molar-refractivity contribution in [3.63, 3.8) is 0 Å². The van der Waals surface area contributed by atoms with E-state index in [0.717, 1.165) is 10.6 Å². The number of primary amides is 1. The molecule has 1 aromatic carbocycles. The van der Waals surface area contributed by atoms with Crippen LogP contribution < -0.4 is 16.4 Å². The van der Waals surface area contributed by atoms with Gasteiger partial charge in [0.2, 0.25) is 5.91 Å². The third-order valence-corrected chi connectivity index (χ3v) is 5.32. The molecule has 0 aliphatic rings. The lowest BCUT2D eigenvalue weighted by Gasteiger charge is -2.16. The fourth-order valence-electron chi connectivity index (χ4n) is 2.52. The summed E-state index contributed by atoms with van der Waals surface area (Å²) in [6.07, 6.45) is 0. The number of carbonyl (C=O) groups is 2. The summed E-state index contributed by atoms with van der Waals surface area (Å²) in [5.41, 5.74) is 7.34. The van der Waals surface area contributed by atoms with Crippen molar-refractivity contribution in [1.29, 1.82) is 0 Å². The molecule has 0 aliphatic carbocycles. The Morgan fingerprint density at radius 3 is 2.55 bits per heavy atom. The van der Waals surface area contributed by atoms with Crippen molar-refractivity contribution in [3.8, 4) is 0 Å². The number of nitrogens with two attached hydrogens (primary N) is 1. The summed E-state index contributed by atoms with van der Waals surface area (Å²) in [7, 11) is 0. The number of nitrogens with zero attached hydrogens (tertiary/aromatic N) is 2. The summed E-state index contributed by atoms with van der Waals surface area (Å²) < 4.78 is 5.08. The van der Waals surface area contributed by atoms with E-state index in [1.165, 1.54) is 11.3 Å². The van der Waals surface area contributed by atoms with Gasteiger partial charge in [0.15, 0.2) is 5.96 Å². The van der Waals surface area contributed by atoms with Gasteiger partial charge in [0.05, 0.1) is 24.9 Å². The molecule has 0 saturated heterocycles. The van der Waals surface area contributed by atoms with E-state index in [9.17, 15) is 9.59 Å². The van der Waals surface area contributed by atoms with Crippen LogP contribution in [0.5, 0.6) is 0 Å². The standard InChI is InChI=1S/C20H27N5O3S/c1-5-22-20(23-11-14-7-9-15(10-8-14)17(21)26)25-13(4)18-24-12(3)16(29-18)19(27)28-6-2/h7-10,13H,5-6,11H2,1-4H3,(H2,21,26)(H2,22,23,25). The lowest BCUT2D eigenvalue weighted by atomic mass is 10.1. The van der Waals surface area contributed by atoms with Crippen LogP contribution in [0.3, 0.4) is 0 Å². The summed E-state index contributed by atoms with van der Waals surface area (Å²) in [6, 6.07) is 6.88. The Bertz CT molecular complexity index is 877. The molecule has 0 saturated carbocycles. The highest BCUT2D eigenvalue weighted by Crippen LogP contribution is 2.24. The Labute approximate surface area is 174 Å². The van der Waals surface area contributed by atoms with E-state index in [-0.39, 0.29) is 12.0 Å². The predicted molar refractivity (Wildman–Crippen MR) is 114 cm³/mol. The average Bonchev–Trinajstić information content (AvgIpc) is 3.08. The SMILES string of the molecule is CCNC(=NCc1ccc(C(N)=O)cc1)NC(C)c1nc(C)c(C(=O)OCC)s1. The first kappa shape index (κ1) is 22.4. The maximum Gasteiger partial charge on any atom is 0.350 e. The van der Waals surface area contributed by atoms with Crippen LogP contribution in [0.25, 0.3) is 0 Å². The lowest BCUT2D eigenvalue weighted by molar-refractivity contribution is 0.0531. The molecule has 4 N–H and O–H groups in total. The van der Waals surface area contributed by atoms with Crippen LogP contribution in [0, 0.1) is 6.92 Å². The molecule has 8 nitrogen and oxygen atoms in total. The molecule has 2 rings (SSSR count). The number of benzene rings is 1. The number of hydrogen-bond acceptors (Lipinski definition) is 6. The van der Waals surface area contributed by atoms with E-state index >= 15 is 0 Å². The Hall–Kier alpha value is -2.94. The van der Waals surface area contributed by atoms with Crippen LogP contribution >= 0.6 is 11.3 Å². The van der Waals surface area contributed by atoms with Gasteiger partial charge in [-0.25, -0.2) is 14.8 Å². The average molecular weight is 418 g/mol. The van der Waals surface area contributed by atoms with Gasteiger partial charge in [-0.3, -0.25) is 4.79 Å². The zero-order chi connectivity index (χ0) is 21.4. The highest BCUT2D eigenvalue weighted by atomic mass is 32.1. The molecule has 29 heavy (non-hydrogen) atoms. The molecule has 0 bridgehead atoms. The summed E-state index contributed by atoms with van der Waals surface area (Å²) >= 11 is 1.32. The zero-order valence-electron chi connectivity index (χ0n) is 17.1. The van der Waals surface area contributed by atoms with Gasteiger partial charge in [0, 0.05) is 12.1 Å². The highest BCUT2D eigenvalue weighted by molar-refractivity contribution is 7.13. The number of thiazole rings is 1. The van der Waals surface area contributed by atoms with Crippen LogP contribution in [0.2, 0.25) is 0 Å². The molecule has 156 valence electrons. The largest absolute Gasteiger partial charge is 0.462 e. The summed E-state index contributed by atoms with van der Waals surface area (Å²) in [6.45, 7) is 8.98. The van der Waals surface area contributed by atoms with Gasteiger partial charge >= 0.3 is 5.97 Å². The Morgan fingerprint density at radius 1 is 1.28 bits per heavy atom. The van der Waals surface area contributed by atoms with Crippen molar-refractivity contribution < 1.29 is 14.3 Å². The highest BCUT2D eigenvalue weighted by Gasteiger charge is 2.20. The van der Waals surface area contributed by atoms with Gasteiger partial charge in [-0.2, -0.15) is 0 Å². The minimum Gasteiger partial charge on any atom is -0.462 e. The summed E-state index contributed by atoms with van der Waals surface area (Å²) in [5.74, 6) is -0.171. The van der Waals surface area contributed by atoms with Gasteiger partial charge < -0.3 is 21.1 Å². The van der Waals surface area contributed by atoms with Gasteiger partial charge in [-0.1, -0.05) is 12.1 Å². The fourth-order valence-corrected chi connectivity index (χ4v) is 3.48. The van der Waals surface area contributed by atoms with E-state index in [1.54, 1.807) is 26.0 Å². The molecule has 1 amide bonds. The van der Waals surface area contributed by atoms with Crippen LogP contribution in [-0.2, 0) is 11.3 Å². The molecule has 0 radical (unpaired) electrons. The summed E-state index contributed by atoms with van der Waals surface area (Å²) in [5, 5.41) is 7.28. The molecule has 0 aliphatic heterocycles. The molecule has 2 aromatic rings. The second-order valence-corrected chi connectivity index (χ2v) is 7.34. The van der Waals surface area contributed by atoms with Gasteiger partial charge in [0.25, 0.3) is 0 Å². The minimum atomic E-state index is -0.454. The summed E-state index contributed by atoms with van der Waals surface area (Å²) in [4.78, 5) is 32.8. The zero-order valence-corrected chi connectivity index (χ0v) is 17.9. The number of hydrogen-bond donors (Lipinski definition) is 3. The number of guanidine groups is 1. The van der Waals surface area contributed by atoms with Crippen molar-refractivity contribution in [2.24, 2.45) is 10.7 Å². The monoisotopic (exact) mass is 417 g/mol. The molecule has 1 heterocycles. The molecule has 1 unspecified atom stereocenters. The minimum absolute atomic E-state index is 0.142. The number of carbonyl (C=O) groups excluding carboxylic acids is 2. The molecule has 1 aromatic heterocycles. The number of aliphatic imine (C=N–C) groups is 1. The Kier molecular flexibility index (Phi) is 8.14. The van der Waals surface area contributed by atoms with E-state index < -0.39 is 5.91 Å². The first-order valence-electron chi connectivity index (χ1n) is 9.43. The normalized spacial score (nSPS) is 12.3. The quantitative estimate of drug-likeness (QED) is 0.345. The molecular weight excluding hydrogens is 390 g/mol. The van der Waals surface area contributed by atoms with Gasteiger partial charge in [-0.05, 0) is 45.4 Å². The molecular formula is C20H27N5O3S. The van der Waals surface area contributed by atoms with Gasteiger partial charge in [0.1, 0.15) is 9.88 Å². The number of aryl methyl sites for hydroxylation is 1. The van der Waals surface area contributed by atoms with Gasteiger partial charge in [-0.15, -0.1) is 11.3 Å². The third-order valence-electron chi connectivity index (χ3n) is 4.00. The first-order valence-corrected chi connectivity index (χ1v) is 10.2. The number of nitrogens with one attached hydrogen (secondary N) is 2. The lowest BCUT2D eigenvalue weighted by Crippen LogP contribution is -2.38. The van der Waals surface area contributed by atoms with Crippen molar-refractivity contribution in [2.75, 3.05) is 13.2 Å². The van der Waals surface area contributed by atoms with E-state index in [2.05, 4.69) is 20.6 Å². The van der Waals surface area contributed by atoms with Crippen molar-refractivity contribution >= 4 is 29.2 Å². The molecule has 0 spiro atoms. The fraction of sp³-hybridized carbons (Fsp3) is 0.400. The van der Waals surface area contributed by atoms with Crippen LogP contribution in [-0.4, -0.2) is 36.0 Å². The van der Waals surface area contributed by atoms with Crippen LogP contribution in [0.1, 0.15) is 63.1 Å². The maximum absolute atomic E-state index is 12.0. The van der Waals surface area contributed by atoms with Crippen LogP contribution in [0.15, 0.2) is 29.3 Å². The van der Waals surface area contributed by atoms with E-state index in [1.807, 2.05) is 26.0 Å². The van der Waals surface area contributed by atoms with Crippen molar-refractivity contribution in [1.82, 2.24) is 15.6 Å². The predicted octanol–water partition coefficient (Wildman–Crippen LogP) is 2.54. The number of ether oxygens (including phenoxy) is 1. The number of rotatable bonds is 8. The molecule has 9 heteroatoms. The molecule has 0 fully saturated rings. The maximum atomic E-state index is 12.0. The van der Waals surface area contributed by atoms with Crippen molar-refractivity contribution in [3.05, 3.63) is 51.0 Å². The first-order chi connectivity index (χ1) is 13.8. The number of amides is 1. The van der Waals surface area contributed by atoms with Crippen molar-refractivity contribution in [2.45, 2.75) is 40.3 Å². The Balaban J connectivity index is 2.09. The van der Waals surface area contributed by atoms with E-state index in [0.29, 0.717) is 41.8 Å². The number of esters is 1. The van der Waals surface area contributed by atoms with E-state index in [4.69, 9.17) is 10.5 Å². The third kappa shape index (κ3) is 6.28. The second kappa shape index (κ2) is 10.6.